The summed E-state index contributed by atoms with van der Waals surface area (Å²) in [5.74, 6) is -0.202. The minimum atomic E-state index is -0.348. The Hall–Kier alpha value is -2.40. The number of nitrogens with one attached hydrogen (secondary N) is 1. The number of rotatable bonds is 5. The molecule has 2 atom stereocenters. The number of para-hydroxylation sites is 1. The third kappa shape index (κ3) is 3.19. The van der Waals surface area contributed by atoms with Crippen molar-refractivity contribution in [2.75, 3.05) is 6.54 Å². The highest BCUT2D eigenvalue weighted by molar-refractivity contribution is 6.31. The van der Waals surface area contributed by atoms with Crippen LogP contribution >= 0.6 is 11.6 Å². The smallest absolute Gasteiger partial charge is 0.223 e. The zero-order valence-electron chi connectivity index (χ0n) is 14.3. The van der Waals surface area contributed by atoms with Crippen molar-refractivity contribution in [3.05, 3.63) is 64.3 Å². The molecule has 0 unspecified atom stereocenters. The lowest BCUT2D eigenvalue weighted by Gasteiger charge is -2.06. The van der Waals surface area contributed by atoms with Crippen LogP contribution in [0, 0.1) is 18.7 Å². The molecule has 1 aliphatic carbocycles. The first kappa shape index (κ1) is 17.0. The summed E-state index contributed by atoms with van der Waals surface area (Å²) in [6.45, 7) is 2.41. The number of fused-ring (bicyclic) bond motifs is 1. The Balaban J connectivity index is 1.34. The largest absolute Gasteiger partial charge is 0.441 e. The molecule has 1 aliphatic rings. The maximum atomic E-state index is 13.9. The summed E-state index contributed by atoms with van der Waals surface area (Å²) in [5, 5.41) is 3.27. The first-order chi connectivity index (χ1) is 12.5. The Kier molecular flexibility index (Phi) is 4.41. The number of hydrogen-bond acceptors (Lipinski definition) is 3. The minimum Gasteiger partial charge on any atom is -0.441 e. The van der Waals surface area contributed by atoms with Gasteiger partial charge in [0.05, 0.1) is 0 Å². The van der Waals surface area contributed by atoms with Gasteiger partial charge in [-0.3, -0.25) is 4.79 Å². The standard InChI is InChI=1S/C20H18ClFN2O2/c1-11-4-2-7-16-19(11)24-17(26-16)8-9-23-20(25)13-10-12(13)18-14(21)5-3-6-15(18)22/h2-7,12-13H,8-10H2,1H3,(H,23,25)/t12-,13+/m1/s1. The van der Waals surface area contributed by atoms with Gasteiger partial charge in [-0.1, -0.05) is 29.8 Å². The maximum Gasteiger partial charge on any atom is 0.223 e. The van der Waals surface area contributed by atoms with E-state index in [-0.39, 0.29) is 23.6 Å². The molecule has 1 saturated carbocycles. The van der Waals surface area contributed by atoms with Crippen LogP contribution in [0.4, 0.5) is 4.39 Å². The molecule has 1 N–H and O–H groups in total. The van der Waals surface area contributed by atoms with Gasteiger partial charge in [0, 0.05) is 35.4 Å². The van der Waals surface area contributed by atoms with E-state index < -0.39 is 0 Å². The van der Waals surface area contributed by atoms with E-state index in [1.165, 1.54) is 6.07 Å². The molecule has 4 nitrogen and oxygen atoms in total. The van der Waals surface area contributed by atoms with Gasteiger partial charge in [0.2, 0.25) is 5.91 Å². The van der Waals surface area contributed by atoms with Crippen molar-refractivity contribution in [1.29, 1.82) is 0 Å². The number of carbonyl (C=O) groups is 1. The predicted molar refractivity (Wildman–Crippen MR) is 97.7 cm³/mol. The van der Waals surface area contributed by atoms with Crippen LogP contribution < -0.4 is 5.32 Å². The Bertz CT molecular complexity index is 965. The molecule has 2 aromatic carbocycles. The van der Waals surface area contributed by atoms with Crippen LogP contribution in [0.15, 0.2) is 40.8 Å². The highest BCUT2D eigenvalue weighted by Crippen LogP contribution is 2.50. The molecule has 0 spiro atoms. The summed E-state index contributed by atoms with van der Waals surface area (Å²) in [5.41, 5.74) is 3.11. The Labute approximate surface area is 155 Å². The monoisotopic (exact) mass is 372 g/mol. The number of amides is 1. The predicted octanol–water partition coefficient (Wildman–Crippen LogP) is 4.39. The van der Waals surface area contributed by atoms with Gasteiger partial charge in [-0.2, -0.15) is 0 Å². The minimum absolute atomic E-state index is 0.0818. The van der Waals surface area contributed by atoms with Crippen LogP contribution in [0.1, 0.15) is 29.4 Å². The molecule has 0 aliphatic heterocycles. The van der Waals surface area contributed by atoms with Crippen molar-refractivity contribution in [1.82, 2.24) is 10.3 Å². The molecular weight excluding hydrogens is 355 g/mol. The van der Waals surface area contributed by atoms with Crippen LogP contribution in [-0.4, -0.2) is 17.4 Å². The third-order valence-corrected chi connectivity index (χ3v) is 5.13. The van der Waals surface area contributed by atoms with E-state index in [9.17, 15) is 9.18 Å². The number of aryl methyl sites for hydroxylation is 1. The second-order valence-electron chi connectivity index (χ2n) is 6.65. The van der Waals surface area contributed by atoms with Gasteiger partial charge in [-0.25, -0.2) is 9.37 Å². The van der Waals surface area contributed by atoms with Crippen molar-refractivity contribution in [3.63, 3.8) is 0 Å². The van der Waals surface area contributed by atoms with Gasteiger partial charge in [-0.15, -0.1) is 0 Å². The summed E-state index contributed by atoms with van der Waals surface area (Å²) in [4.78, 5) is 16.8. The van der Waals surface area contributed by atoms with Crippen LogP contribution in [0.5, 0.6) is 0 Å². The lowest BCUT2D eigenvalue weighted by atomic mass is 10.1. The number of benzene rings is 2. The van der Waals surface area contributed by atoms with Gasteiger partial charge >= 0.3 is 0 Å². The Morgan fingerprint density at radius 1 is 1.35 bits per heavy atom. The highest BCUT2D eigenvalue weighted by Gasteiger charge is 2.46. The number of oxazole rings is 1. The van der Waals surface area contributed by atoms with Gasteiger partial charge in [-0.05, 0) is 37.1 Å². The van der Waals surface area contributed by atoms with Gasteiger partial charge in [0.15, 0.2) is 11.5 Å². The number of nitrogens with zero attached hydrogens (tertiary/aromatic N) is 1. The summed E-state index contributed by atoms with van der Waals surface area (Å²) < 4.78 is 19.6. The average molecular weight is 373 g/mol. The second-order valence-corrected chi connectivity index (χ2v) is 7.06. The average Bonchev–Trinajstić information content (AvgIpc) is 3.26. The number of hydrogen-bond donors (Lipinski definition) is 1. The maximum absolute atomic E-state index is 13.9. The van der Waals surface area contributed by atoms with Crippen LogP contribution in [0.3, 0.4) is 0 Å². The van der Waals surface area contributed by atoms with Crippen LogP contribution in [0.25, 0.3) is 11.1 Å². The normalized spacial score (nSPS) is 18.9. The van der Waals surface area contributed by atoms with E-state index >= 15 is 0 Å². The zero-order valence-corrected chi connectivity index (χ0v) is 15.0. The van der Waals surface area contributed by atoms with E-state index in [1.54, 1.807) is 12.1 Å². The van der Waals surface area contributed by atoms with E-state index in [1.807, 2.05) is 25.1 Å². The van der Waals surface area contributed by atoms with E-state index in [0.717, 1.165) is 16.7 Å². The number of carbonyl (C=O) groups excluding carboxylic acids is 1. The summed E-state index contributed by atoms with van der Waals surface area (Å²) in [6.07, 6.45) is 1.13. The van der Waals surface area contributed by atoms with Crippen molar-refractivity contribution in [3.8, 4) is 0 Å². The highest BCUT2D eigenvalue weighted by atomic mass is 35.5. The van der Waals surface area contributed by atoms with Crippen molar-refractivity contribution >= 4 is 28.6 Å². The lowest BCUT2D eigenvalue weighted by molar-refractivity contribution is -0.122. The first-order valence-corrected chi connectivity index (χ1v) is 8.99. The fourth-order valence-corrected chi connectivity index (χ4v) is 3.63. The molecule has 0 radical (unpaired) electrons. The molecule has 3 aromatic rings. The molecule has 6 heteroatoms. The van der Waals surface area contributed by atoms with Gasteiger partial charge in [0.25, 0.3) is 0 Å². The summed E-state index contributed by atoms with van der Waals surface area (Å²) >= 11 is 6.08. The SMILES string of the molecule is Cc1cccc2oc(CCNC(=O)[C@H]3C[C@H]3c3c(F)cccc3Cl)nc12. The third-order valence-electron chi connectivity index (χ3n) is 4.80. The molecule has 1 fully saturated rings. The molecular formula is C20H18ClFN2O2. The van der Waals surface area contributed by atoms with Gasteiger partial charge < -0.3 is 9.73 Å². The molecule has 0 bridgehead atoms. The number of aromatic nitrogens is 1. The lowest BCUT2D eigenvalue weighted by Crippen LogP contribution is -2.27. The van der Waals surface area contributed by atoms with Crippen molar-refractivity contribution in [2.45, 2.75) is 25.7 Å². The molecule has 4 rings (SSSR count). The Morgan fingerprint density at radius 3 is 2.92 bits per heavy atom. The second kappa shape index (κ2) is 6.72. The van der Waals surface area contributed by atoms with Crippen molar-refractivity contribution < 1.29 is 13.6 Å². The number of halogens is 2. The van der Waals surface area contributed by atoms with E-state index in [4.69, 9.17) is 16.0 Å². The Morgan fingerprint density at radius 2 is 2.15 bits per heavy atom. The van der Waals surface area contributed by atoms with E-state index in [2.05, 4.69) is 10.3 Å². The van der Waals surface area contributed by atoms with Crippen LogP contribution in [-0.2, 0) is 11.2 Å². The molecule has 134 valence electrons. The van der Waals surface area contributed by atoms with Crippen molar-refractivity contribution in [2.24, 2.45) is 5.92 Å². The quantitative estimate of drug-likeness (QED) is 0.722. The first-order valence-electron chi connectivity index (χ1n) is 8.61. The molecule has 26 heavy (non-hydrogen) atoms. The topological polar surface area (TPSA) is 55.1 Å². The summed E-state index contributed by atoms with van der Waals surface area (Å²) in [6, 6.07) is 10.4. The molecule has 0 saturated heterocycles. The fraction of sp³-hybridized carbons (Fsp3) is 0.300. The molecule has 1 aromatic heterocycles. The fourth-order valence-electron chi connectivity index (χ4n) is 3.33. The van der Waals surface area contributed by atoms with Gasteiger partial charge in [0.1, 0.15) is 11.3 Å². The summed E-state index contributed by atoms with van der Waals surface area (Å²) in [7, 11) is 0. The van der Waals surface area contributed by atoms with E-state index in [0.29, 0.717) is 35.9 Å². The van der Waals surface area contributed by atoms with Crippen LogP contribution in [0.2, 0.25) is 5.02 Å². The molecule has 1 amide bonds. The molecule has 1 heterocycles. The zero-order chi connectivity index (χ0) is 18.3.